The van der Waals surface area contributed by atoms with Crippen molar-refractivity contribution in [3.05, 3.63) is 46.4 Å². The van der Waals surface area contributed by atoms with Crippen molar-refractivity contribution in [2.45, 2.75) is 25.2 Å². The maximum atomic E-state index is 12.9. The van der Waals surface area contributed by atoms with Crippen LogP contribution in [0.1, 0.15) is 35.8 Å². The molecule has 1 atom stereocenters. The number of fused-ring (bicyclic) bond motifs is 2. The lowest BCUT2D eigenvalue weighted by molar-refractivity contribution is -0.129. The Morgan fingerprint density at radius 3 is 2.96 bits per heavy atom. The van der Waals surface area contributed by atoms with Gasteiger partial charge in [0.2, 0.25) is 5.91 Å². The van der Waals surface area contributed by atoms with Crippen molar-refractivity contribution in [3.63, 3.8) is 0 Å². The third-order valence-electron chi connectivity index (χ3n) is 5.06. The van der Waals surface area contributed by atoms with E-state index in [4.69, 9.17) is 0 Å². The molecule has 0 radical (unpaired) electrons. The van der Waals surface area contributed by atoms with Crippen LogP contribution in [0.5, 0.6) is 0 Å². The molecule has 4 heterocycles. The van der Waals surface area contributed by atoms with Gasteiger partial charge in [-0.25, -0.2) is 0 Å². The molecule has 0 N–H and O–H groups in total. The van der Waals surface area contributed by atoms with Gasteiger partial charge in [0, 0.05) is 37.6 Å². The van der Waals surface area contributed by atoms with E-state index in [1.165, 1.54) is 11.3 Å². The number of pyridine rings is 1. The van der Waals surface area contributed by atoms with Gasteiger partial charge in [-0.1, -0.05) is 6.92 Å². The van der Waals surface area contributed by atoms with Crippen molar-refractivity contribution in [1.82, 2.24) is 9.88 Å². The molecule has 2 aromatic heterocycles. The maximum absolute atomic E-state index is 12.9. The molecule has 0 unspecified atom stereocenters. The van der Waals surface area contributed by atoms with Crippen LogP contribution in [-0.2, 0) is 10.2 Å². The molecule has 5 nitrogen and oxygen atoms in total. The normalized spacial score (nSPS) is 22.2. The van der Waals surface area contributed by atoms with Crippen molar-refractivity contribution in [2.75, 3.05) is 24.5 Å². The van der Waals surface area contributed by atoms with E-state index >= 15 is 0 Å². The minimum Gasteiger partial charge on any atom is -0.342 e. The molecule has 1 spiro atoms. The van der Waals surface area contributed by atoms with Gasteiger partial charge < -0.3 is 9.80 Å². The molecular formula is C18H19N3O2S. The molecule has 1 saturated heterocycles. The molecule has 4 rings (SSSR count). The van der Waals surface area contributed by atoms with Gasteiger partial charge >= 0.3 is 0 Å². The second-order valence-electron chi connectivity index (χ2n) is 6.47. The Morgan fingerprint density at radius 2 is 2.21 bits per heavy atom. The fourth-order valence-corrected chi connectivity index (χ4v) is 4.47. The van der Waals surface area contributed by atoms with Gasteiger partial charge in [0.1, 0.15) is 0 Å². The number of thiophene rings is 1. The second kappa shape index (κ2) is 5.70. The second-order valence-corrected chi connectivity index (χ2v) is 7.25. The summed E-state index contributed by atoms with van der Waals surface area (Å²) in [6.45, 7) is 3.88. The van der Waals surface area contributed by atoms with Crippen molar-refractivity contribution in [3.8, 4) is 0 Å². The number of carbonyl (C=O) groups excluding carboxylic acids is 2. The van der Waals surface area contributed by atoms with Crippen LogP contribution >= 0.6 is 11.3 Å². The van der Waals surface area contributed by atoms with Gasteiger partial charge in [-0.3, -0.25) is 14.6 Å². The first kappa shape index (κ1) is 15.3. The number of hydrogen-bond donors (Lipinski definition) is 0. The molecule has 2 aromatic rings. The topological polar surface area (TPSA) is 53.5 Å². The van der Waals surface area contributed by atoms with Crippen LogP contribution in [0.3, 0.4) is 0 Å². The largest absolute Gasteiger partial charge is 0.342 e. The van der Waals surface area contributed by atoms with E-state index in [1.54, 1.807) is 6.20 Å². The van der Waals surface area contributed by atoms with Crippen molar-refractivity contribution in [1.29, 1.82) is 0 Å². The summed E-state index contributed by atoms with van der Waals surface area (Å²) < 4.78 is 0. The Kier molecular flexibility index (Phi) is 3.64. The van der Waals surface area contributed by atoms with E-state index in [0.29, 0.717) is 25.1 Å². The average molecular weight is 341 g/mol. The number of rotatable bonds is 2. The van der Waals surface area contributed by atoms with Gasteiger partial charge in [-0.2, -0.15) is 11.3 Å². The number of hydrogen-bond acceptors (Lipinski definition) is 4. The number of nitrogens with zero attached hydrogens (tertiary/aromatic N) is 3. The van der Waals surface area contributed by atoms with Crippen molar-refractivity contribution >= 4 is 28.8 Å². The standard InChI is InChI=1S/C18H19N3O2S/c1-2-15(22)20-8-6-18(11-20)12-21(14-4-3-7-19-16(14)18)17(23)13-5-9-24-10-13/h3-5,7,9-10H,2,6,8,11-12H2,1H3/t18-/m1/s1. The van der Waals surface area contributed by atoms with Gasteiger partial charge in [0.25, 0.3) is 5.91 Å². The number of carbonyl (C=O) groups is 2. The Bertz CT molecular complexity index is 789. The highest BCUT2D eigenvalue weighted by atomic mass is 32.1. The van der Waals surface area contributed by atoms with Crippen LogP contribution in [0.4, 0.5) is 5.69 Å². The highest BCUT2D eigenvalue weighted by Crippen LogP contribution is 2.45. The predicted octanol–water partition coefficient (Wildman–Crippen LogP) is 2.68. The molecule has 2 aliphatic rings. The summed E-state index contributed by atoms with van der Waals surface area (Å²) in [6, 6.07) is 5.69. The number of likely N-dealkylation sites (tertiary alicyclic amines) is 1. The summed E-state index contributed by atoms with van der Waals surface area (Å²) in [5, 5.41) is 3.80. The molecule has 24 heavy (non-hydrogen) atoms. The fourth-order valence-electron chi connectivity index (χ4n) is 3.84. The molecule has 0 aromatic carbocycles. The minimum absolute atomic E-state index is 0.0163. The maximum Gasteiger partial charge on any atom is 0.259 e. The Balaban J connectivity index is 1.70. The van der Waals surface area contributed by atoms with Crippen LogP contribution in [0.2, 0.25) is 0 Å². The SMILES string of the molecule is CCC(=O)N1CC[C@@]2(C1)CN(C(=O)c1ccsc1)c1cccnc12. The zero-order chi connectivity index (χ0) is 16.7. The molecule has 0 bridgehead atoms. The molecular weight excluding hydrogens is 322 g/mol. The molecule has 1 fully saturated rings. The van der Waals surface area contributed by atoms with Gasteiger partial charge in [0.15, 0.2) is 0 Å². The first-order chi connectivity index (χ1) is 11.6. The lowest BCUT2D eigenvalue weighted by atomic mass is 9.85. The third-order valence-corrected chi connectivity index (χ3v) is 5.75. The van der Waals surface area contributed by atoms with E-state index in [0.717, 1.165) is 24.3 Å². The van der Waals surface area contributed by atoms with Crippen molar-refractivity contribution < 1.29 is 9.59 Å². The van der Waals surface area contributed by atoms with Crippen LogP contribution < -0.4 is 4.90 Å². The molecule has 0 aliphatic carbocycles. The smallest absolute Gasteiger partial charge is 0.259 e. The predicted molar refractivity (Wildman–Crippen MR) is 93.4 cm³/mol. The summed E-state index contributed by atoms with van der Waals surface area (Å²) in [6.07, 6.45) is 3.16. The van der Waals surface area contributed by atoms with Crippen LogP contribution in [0, 0.1) is 0 Å². The van der Waals surface area contributed by atoms with Gasteiger partial charge in [-0.15, -0.1) is 0 Å². The van der Waals surface area contributed by atoms with E-state index in [-0.39, 0.29) is 17.2 Å². The van der Waals surface area contributed by atoms with Gasteiger partial charge in [0.05, 0.1) is 22.4 Å². The fraction of sp³-hybridized carbons (Fsp3) is 0.389. The number of anilines is 1. The summed E-state index contributed by atoms with van der Waals surface area (Å²) >= 11 is 1.52. The van der Waals surface area contributed by atoms with E-state index < -0.39 is 0 Å². The lowest BCUT2D eigenvalue weighted by Gasteiger charge is -2.24. The minimum atomic E-state index is -0.229. The summed E-state index contributed by atoms with van der Waals surface area (Å²) in [7, 11) is 0. The number of amides is 2. The van der Waals surface area contributed by atoms with Crippen LogP contribution in [-0.4, -0.2) is 41.3 Å². The third kappa shape index (κ3) is 2.24. The first-order valence-electron chi connectivity index (χ1n) is 8.22. The summed E-state index contributed by atoms with van der Waals surface area (Å²) in [5.74, 6) is 0.189. The first-order valence-corrected chi connectivity index (χ1v) is 9.16. The zero-order valence-electron chi connectivity index (χ0n) is 13.6. The Labute approximate surface area is 144 Å². The van der Waals surface area contributed by atoms with Crippen molar-refractivity contribution in [2.24, 2.45) is 0 Å². The quantitative estimate of drug-likeness (QED) is 0.844. The lowest BCUT2D eigenvalue weighted by Crippen LogP contribution is -2.40. The van der Waals surface area contributed by atoms with E-state index in [9.17, 15) is 9.59 Å². The van der Waals surface area contributed by atoms with Gasteiger partial charge in [-0.05, 0) is 30.0 Å². The molecule has 0 saturated carbocycles. The molecule has 6 heteroatoms. The molecule has 2 amide bonds. The highest BCUT2D eigenvalue weighted by Gasteiger charge is 2.50. The Hall–Kier alpha value is -2.21. The monoisotopic (exact) mass is 341 g/mol. The van der Waals surface area contributed by atoms with Crippen LogP contribution in [0.15, 0.2) is 35.2 Å². The summed E-state index contributed by atoms with van der Waals surface area (Å²) in [5.41, 5.74) is 2.33. The molecule has 124 valence electrons. The van der Waals surface area contributed by atoms with Crippen LogP contribution in [0.25, 0.3) is 0 Å². The molecule has 2 aliphatic heterocycles. The average Bonchev–Trinajstić information content (AvgIpc) is 3.34. The highest BCUT2D eigenvalue weighted by molar-refractivity contribution is 7.08. The number of aromatic nitrogens is 1. The van der Waals surface area contributed by atoms with E-state index in [2.05, 4.69) is 4.98 Å². The summed E-state index contributed by atoms with van der Waals surface area (Å²) in [4.78, 5) is 33.4. The zero-order valence-corrected chi connectivity index (χ0v) is 14.4. The van der Waals surface area contributed by atoms with E-state index in [1.807, 2.05) is 45.7 Å². The Morgan fingerprint density at radius 1 is 1.33 bits per heavy atom.